The van der Waals surface area contributed by atoms with Crippen molar-refractivity contribution in [2.45, 2.75) is 6.42 Å². The number of rotatable bonds is 6. The van der Waals surface area contributed by atoms with Gasteiger partial charge in [0.25, 0.3) is 0 Å². The zero-order chi connectivity index (χ0) is 12.0. The minimum atomic E-state index is 0.336. The molecule has 1 aromatic carbocycles. The molecule has 0 amide bonds. The van der Waals surface area contributed by atoms with E-state index in [0.717, 1.165) is 16.5 Å². The number of benzene rings is 1. The van der Waals surface area contributed by atoms with Crippen LogP contribution in [0.1, 0.15) is 12.0 Å². The molecule has 0 saturated carbocycles. The molecule has 5 heteroatoms. The Balaban J connectivity index is 2.67. The molecular formula is C11H14BrNO2S. The average molecular weight is 304 g/mol. The second-order valence-electron chi connectivity index (χ2n) is 3.20. The van der Waals surface area contributed by atoms with Crippen molar-refractivity contribution >= 4 is 33.1 Å². The standard InChI is InChI=1S/C11H14BrNO2S/c1-14-5-2-6-15-10-4-3-8(12)7-9(10)11(13)16/h3-4,7H,2,5-6H2,1H3,(H2,13,16). The minimum Gasteiger partial charge on any atom is -0.493 e. The summed E-state index contributed by atoms with van der Waals surface area (Å²) in [5, 5.41) is 0. The highest BCUT2D eigenvalue weighted by Gasteiger charge is 2.06. The fourth-order valence-corrected chi connectivity index (χ4v) is 1.73. The van der Waals surface area contributed by atoms with Crippen LogP contribution in [0, 0.1) is 0 Å². The van der Waals surface area contributed by atoms with E-state index in [2.05, 4.69) is 15.9 Å². The van der Waals surface area contributed by atoms with Crippen LogP contribution in [0.15, 0.2) is 22.7 Å². The molecule has 88 valence electrons. The predicted octanol–water partition coefficient (Wildman–Crippen LogP) is 2.50. The summed E-state index contributed by atoms with van der Waals surface area (Å²) in [7, 11) is 1.67. The van der Waals surface area contributed by atoms with Crippen molar-refractivity contribution < 1.29 is 9.47 Å². The van der Waals surface area contributed by atoms with E-state index in [9.17, 15) is 0 Å². The highest BCUT2D eigenvalue weighted by Crippen LogP contribution is 2.23. The zero-order valence-corrected chi connectivity index (χ0v) is 11.4. The van der Waals surface area contributed by atoms with Crippen LogP contribution >= 0.6 is 28.1 Å². The highest BCUT2D eigenvalue weighted by atomic mass is 79.9. The normalized spacial score (nSPS) is 10.1. The first-order chi connectivity index (χ1) is 7.65. The van der Waals surface area contributed by atoms with Gasteiger partial charge in [-0.25, -0.2) is 0 Å². The van der Waals surface area contributed by atoms with Crippen molar-refractivity contribution in [2.24, 2.45) is 5.73 Å². The van der Waals surface area contributed by atoms with Crippen molar-refractivity contribution in [2.75, 3.05) is 20.3 Å². The monoisotopic (exact) mass is 303 g/mol. The molecule has 0 fully saturated rings. The number of thiocarbonyl (C=S) groups is 1. The van der Waals surface area contributed by atoms with Gasteiger partial charge in [-0.2, -0.15) is 0 Å². The van der Waals surface area contributed by atoms with E-state index in [1.807, 2.05) is 18.2 Å². The summed E-state index contributed by atoms with van der Waals surface area (Å²) in [4.78, 5) is 0.336. The lowest BCUT2D eigenvalue weighted by Crippen LogP contribution is -2.12. The predicted molar refractivity (Wildman–Crippen MR) is 72.0 cm³/mol. The summed E-state index contributed by atoms with van der Waals surface area (Å²) in [6, 6.07) is 5.60. The summed E-state index contributed by atoms with van der Waals surface area (Å²) in [6.07, 6.45) is 0.837. The van der Waals surface area contributed by atoms with E-state index < -0.39 is 0 Å². The second kappa shape index (κ2) is 6.83. The van der Waals surface area contributed by atoms with E-state index in [4.69, 9.17) is 27.4 Å². The Morgan fingerprint density at radius 2 is 2.19 bits per heavy atom. The van der Waals surface area contributed by atoms with Gasteiger partial charge in [0, 0.05) is 24.6 Å². The van der Waals surface area contributed by atoms with Crippen LogP contribution in [0.2, 0.25) is 0 Å². The molecule has 0 aliphatic heterocycles. The molecule has 0 unspecified atom stereocenters. The third-order valence-electron chi connectivity index (χ3n) is 1.96. The molecule has 1 aromatic rings. The Hall–Kier alpha value is -0.650. The number of ether oxygens (including phenoxy) is 2. The molecule has 0 saturated heterocycles. The number of hydrogen-bond acceptors (Lipinski definition) is 3. The topological polar surface area (TPSA) is 44.5 Å². The molecule has 1 rings (SSSR count). The van der Waals surface area contributed by atoms with E-state index in [0.29, 0.717) is 24.0 Å². The molecule has 3 nitrogen and oxygen atoms in total. The molecule has 0 atom stereocenters. The van der Waals surface area contributed by atoms with Crippen LogP contribution < -0.4 is 10.5 Å². The minimum absolute atomic E-state index is 0.336. The maximum atomic E-state index is 5.62. The number of hydrogen-bond donors (Lipinski definition) is 1. The molecule has 0 heterocycles. The second-order valence-corrected chi connectivity index (χ2v) is 4.56. The largest absolute Gasteiger partial charge is 0.493 e. The van der Waals surface area contributed by atoms with Gasteiger partial charge in [0.2, 0.25) is 0 Å². The lowest BCUT2D eigenvalue weighted by molar-refractivity contribution is 0.172. The Labute approximate surface area is 109 Å². The lowest BCUT2D eigenvalue weighted by atomic mass is 10.2. The lowest BCUT2D eigenvalue weighted by Gasteiger charge is -2.10. The van der Waals surface area contributed by atoms with Gasteiger partial charge in [0.1, 0.15) is 10.7 Å². The van der Waals surface area contributed by atoms with Crippen LogP contribution in [0.5, 0.6) is 5.75 Å². The number of nitrogens with two attached hydrogens (primary N) is 1. The average Bonchev–Trinajstić information content (AvgIpc) is 2.26. The van der Waals surface area contributed by atoms with Gasteiger partial charge in [-0.1, -0.05) is 28.1 Å². The van der Waals surface area contributed by atoms with Gasteiger partial charge < -0.3 is 15.2 Å². The molecular weight excluding hydrogens is 290 g/mol. The number of methoxy groups -OCH3 is 1. The molecule has 0 radical (unpaired) electrons. The summed E-state index contributed by atoms with van der Waals surface area (Å²) in [5.74, 6) is 0.715. The fourth-order valence-electron chi connectivity index (χ4n) is 1.21. The quantitative estimate of drug-likeness (QED) is 0.648. The van der Waals surface area contributed by atoms with Crippen LogP contribution in [0.25, 0.3) is 0 Å². The van der Waals surface area contributed by atoms with E-state index in [1.165, 1.54) is 0 Å². The molecule has 0 bridgehead atoms. The van der Waals surface area contributed by atoms with Crippen LogP contribution in [-0.2, 0) is 4.74 Å². The van der Waals surface area contributed by atoms with E-state index in [-0.39, 0.29) is 0 Å². The van der Waals surface area contributed by atoms with Gasteiger partial charge in [-0.05, 0) is 18.2 Å². The van der Waals surface area contributed by atoms with Gasteiger partial charge in [-0.3, -0.25) is 0 Å². The van der Waals surface area contributed by atoms with Gasteiger partial charge in [0.15, 0.2) is 0 Å². The molecule has 0 aliphatic carbocycles. The smallest absolute Gasteiger partial charge is 0.129 e. The Kier molecular flexibility index (Phi) is 5.73. The van der Waals surface area contributed by atoms with Crippen LogP contribution in [0.3, 0.4) is 0 Å². The summed E-state index contributed by atoms with van der Waals surface area (Å²) in [5.41, 5.74) is 6.37. The van der Waals surface area contributed by atoms with Crippen LogP contribution in [0.4, 0.5) is 0 Å². The first kappa shape index (κ1) is 13.4. The Morgan fingerprint density at radius 3 is 2.81 bits per heavy atom. The van der Waals surface area contributed by atoms with Crippen molar-refractivity contribution in [1.82, 2.24) is 0 Å². The first-order valence-electron chi connectivity index (χ1n) is 4.86. The molecule has 2 N–H and O–H groups in total. The van der Waals surface area contributed by atoms with Gasteiger partial charge >= 0.3 is 0 Å². The third kappa shape index (κ3) is 4.08. The molecule has 16 heavy (non-hydrogen) atoms. The van der Waals surface area contributed by atoms with Gasteiger partial charge in [-0.15, -0.1) is 0 Å². The molecule has 0 aliphatic rings. The summed E-state index contributed by atoms with van der Waals surface area (Å²) in [6.45, 7) is 1.27. The van der Waals surface area contributed by atoms with E-state index >= 15 is 0 Å². The Bertz CT molecular complexity index is 371. The van der Waals surface area contributed by atoms with Crippen LogP contribution in [-0.4, -0.2) is 25.3 Å². The fraction of sp³-hybridized carbons (Fsp3) is 0.364. The summed E-state index contributed by atoms with van der Waals surface area (Å²) < 4.78 is 11.5. The highest BCUT2D eigenvalue weighted by molar-refractivity contribution is 9.10. The number of halogens is 1. The van der Waals surface area contributed by atoms with Crippen molar-refractivity contribution in [1.29, 1.82) is 0 Å². The maximum Gasteiger partial charge on any atom is 0.129 e. The van der Waals surface area contributed by atoms with Crippen molar-refractivity contribution in [3.63, 3.8) is 0 Å². The molecule has 0 spiro atoms. The maximum absolute atomic E-state index is 5.62. The summed E-state index contributed by atoms with van der Waals surface area (Å²) >= 11 is 8.33. The SMILES string of the molecule is COCCCOc1ccc(Br)cc1C(N)=S. The zero-order valence-electron chi connectivity index (χ0n) is 9.03. The van der Waals surface area contributed by atoms with E-state index in [1.54, 1.807) is 7.11 Å². The third-order valence-corrected chi connectivity index (χ3v) is 2.67. The van der Waals surface area contributed by atoms with Crippen molar-refractivity contribution in [3.8, 4) is 5.75 Å². The van der Waals surface area contributed by atoms with Gasteiger partial charge in [0.05, 0.1) is 12.2 Å². The van der Waals surface area contributed by atoms with Crippen molar-refractivity contribution in [3.05, 3.63) is 28.2 Å². The molecule has 0 aromatic heterocycles. The first-order valence-corrected chi connectivity index (χ1v) is 6.06. The Morgan fingerprint density at radius 1 is 1.44 bits per heavy atom.